The van der Waals surface area contributed by atoms with Gasteiger partial charge in [-0.25, -0.2) is 0 Å². The molecule has 2 aliphatic carbocycles. The van der Waals surface area contributed by atoms with Gasteiger partial charge >= 0.3 is 0 Å². The van der Waals surface area contributed by atoms with Crippen LogP contribution in [0.1, 0.15) is 44.9 Å². The quantitative estimate of drug-likeness (QED) is 0.677. The Morgan fingerprint density at radius 2 is 1.62 bits per heavy atom. The first-order chi connectivity index (χ1) is 7.71. The van der Waals surface area contributed by atoms with Gasteiger partial charge in [0.2, 0.25) is 0 Å². The van der Waals surface area contributed by atoms with Crippen LogP contribution in [0.3, 0.4) is 0 Å². The number of fused-ring (bicyclic) bond motifs is 2. The van der Waals surface area contributed by atoms with Crippen LogP contribution in [-0.2, 0) is 0 Å². The predicted octanol–water partition coefficient (Wildman–Crippen LogP) is 2.17. The van der Waals surface area contributed by atoms with Gasteiger partial charge in [-0.05, 0) is 44.4 Å². The van der Waals surface area contributed by atoms with Gasteiger partial charge in [-0.1, -0.05) is 0 Å². The molecule has 2 saturated carbocycles. The van der Waals surface area contributed by atoms with Crippen LogP contribution in [0.2, 0.25) is 0 Å². The SMILES string of the molecule is C[N+]1([C@@H]2CC[C@@H]3CC[C@H]2[C@@H]3O)CCCCC1. The lowest BCUT2D eigenvalue weighted by molar-refractivity contribution is -0.942. The van der Waals surface area contributed by atoms with E-state index in [0.717, 1.165) is 6.04 Å². The van der Waals surface area contributed by atoms with E-state index in [0.29, 0.717) is 11.8 Å². The average Bonchev–Trinajstić information content (AvgIpc) is 2.53. The fraction of sp³-hybridized carbons (Fsp3) is 1.00. The van der Waals surface area contributed by atoms with Crippen molar-refractivity contribution >= 4 is 0 Å². The van der Waals surface area contributed by atoms with Gasteiger partial charge < -0.3 is 9.59 Å². The van der Waals surface area contributed by atoms with Gasteiger partial charge in [0, 0.05) is 12.3 Å². The number of aliphatic hydroxyl groups excluding tert-OH is 1. The van der Waals surface area contributed by atoms with Crippen LogP contribution in [0.5, 0.6) is 0 Å². The lowest BCUT2D eigenvalue weighted by Gasteiger charge is -2.49. The molecular formula is C14H26NO+. The Morgan fingerprint density at radius 1 is 0.938 bits per heavy atom. The summed E-state index contributed by atoms with van der Waals surface area (Å²) < 4.78 is 1.27. The molecule has 4 atom stereocenters. The van der Waals surface area contributed by atoms with Gasteiger partial charge in [-0.15, -0.1) is 0 Å². The first-order valence-corrected chi connectivity index (χ1v) is 7.23. The highest BCUT2D eigenvalue weighted by atomic mass is 16.3. The van der Waals surface area contributed by atoms with Crippen LogP contribution >= 0.6 is 0 Å². The molecule has 0 aromatic carbocycles. The van der Waals surface area contributed by atoms with Gasteiger partial charge in [-0.2, -0.15) is 0 Å². The Kier molecular flexibility index (Phi) is 2.75. The van der Waals surface area contributed by atoms with E-state index in [2.05, 4.69) is 7.05 Å². The van der Waals surface area contributed by atoms with Crippen molar-refractivity contribution in [2.75, 3.05) is 20.1 Å². The third-order valence-electron chi connectivity index (χ3n) is 5.76. The van der Waals surface area contributed by atoms with E-state index >= 15 is 0 Å². The maximum Gasteiger partial charge on any atom is 0.0941 e. The Bertz CT molecular complexity index is 259. The highest BCUT2D eigenvalue weighted by Crippen LogP contribution is 2.46. The molecule has 0 radical (unpaired) electrons. The van der Waals surface area contributed by atoms with E-state index in [1.165, 1.54) is 62.5 Å². The Labute approximate surface area is 99.2 Å². The topological polar surface area (TPSA) is 20.2 Å². The first-order valence-electron chi connectivity index (χ1n) is 7.23. The molecule has 1 heterocycles. The van der Waals surface area contributed by atoms with Crippen LogP contribution in [0.15, 0.2) is 0 Å². The third-order valence-corrected chi connectivity index (χ3v) is 5.76. The molecule has 3 aliphatic rings. The molecule has 1 N–H and O–H groups in total. The van der Waals surface area contributed by atoms with Crippen molar-refractivity contribution < 1.29 is 9.59 Å². The second-order valence-electron chi connectivity index (χ2n) is 6.62. The number of likely N-dealkylation sites (tertiary alicyclic amines) is 1. The van der Waals surface area contributed by atoms with Crippen LogP contribution in [0.25, 0.3) is 0 Å². The van der Waals surface area contributed by atoms with Crippen molar-refractivity contribution in [3.8, 4) is 0 Å². The van der Waals surface area contributed by atoms with Crippen LogP contribution in [0.4, 0.5) is 0 Å². The largest absolute Gasteiger partial charge is 0.392 e. The third kappa shape index (κ3) is 1.62. The van der Waals surface area contributed by atoms with Crippen LogP contribution < -0.4 is 0 Å². The van der Waals surface area contributed by atoms with Gasteiger partial charge in [0.15, 0.2) is 0 Å². The van der Waals surface area contributed by atoms with Gasteiger partial charge in [0.1, 0.15) is 0 Å². The summed E-state index contributed by atoms with van der Waals surface area (Å²) in [4.78, 5) is 0. The van der Waals surface area contributed by atoms with Crippen molar-refractivity contribution in [3.05, 3.63) is 0 Å². The minimum absolute atomic E-state index is 0.0376. The van der Waals surface area contributed by atoms with Gasteiger partial charge in [0.05, 0.1) is 32.3 Å². The predicted molar refractivity (Wildman–Crippen MR) is 65.0 cm³/mol. The molecule has 3 rings (SSSR count). The summed E-state index contributed by atoms with van der Waals surface area (Å²) in [6.45, 7) is 2.72. The number of piperidine rings is 1. The van der Waals surface area contributed by atoms with E-state index < -0.39 is 0 Å². The molecule has 2 bridgehead atoms. The highest BCUT2D eigenvalue weighted by molar-refractivity contribution is 4.94. The van der Waals surface area contributed by atoms with E-state index in [9.17, 15) is 5.11 Å². The average molecular weight is 224 g/mol. The minimum Gasteiger partial charge on any atom is -0.392 e. The van der Waals surface area contributed by atoms with E-state index in [1.54, 1.807) is 0 Å². The van der Waals surface area contributed by atoms with Crippen LogP contribution in [-0.4, -0.2) is 41.9 Å². The highest BCUT2D eigenvalue weighted by Gasteiger charge is 2.50. The van der Waals surface area contributed by atoms with Crippen molar-refractivity contribution in [2.24, 2.45) is 11.8 Å². The normalized spacial score (nSPS) is 46.9. The molecule has 1 saturated heterocycles. The molecule has 16 heavy (non-hydrogen) atoms. The zero-order chi connectivity index (χ0) is 11.2. The molecule has 0 aromatic rings. The number of rotatable bonds is 1. The van der Waals surface area contributed by atoms with Crippen molar-refractivity contribution in [3.63, 3.8) is 0 Å². The van der Waals surface area contributed by atoms with Crippen molar-refractivity contribution in [1.29, 1.82) is 0 Å². The number of quaternary nitrogens is 1. The molecule has 0 amide bonds. The maximum atomic E-state index is 10.3. The zero-order valence-corrected chi connectivity index (χ0v) is 10.6. The number of nitrogens with zero attached hydrogens (tertiary/aromatic N) is 1. The van der Waals surface area contributed by atoms with Gasteiger partial charge in [-0.3, -0.25) is 0 Å². The Hall–Kier alpha value is -0.0800. The second-order valence-corrected chi connectivity index (χ2v) is 6.62. The molecule has 0 unspecified atom stereocenters. The van der Waals surface area contributed by atoms with E-state index in [1.807, 2.05) is 0 Å². The molecule has 0 spiro atoms. The molecular weight excluding hydrogens is 198 g/mol. The summed E-state index contributed by atoms with van der Waals surface area (Å²) in [7, 11) is 2.45. The fourth-order valence-corrected chi connectivity index (χ4v) is 4.77. The summed E-state index contributed by atoms with van der Waals surface area (Å²) in [5.41, 5.74) is 0. The fourth-order valence-electron chi connectivity index (χ4n) is 4.77. The summed E-state index contributed by atoms with van der Waals surface area (Å²) in [6, 6.07) is 0.772. The first kappa shape index (κ1) is 11.0. The molecule has 1 aliphatic heterocycles. The molecule has 92 valence electrons. The second kappa shape index (κ2) is 3.99. The number of hydrogen-bond donors (Lipinski definition) is 1. The molecule has 3 fully saturated rings. The van der Waals surface area contributed by atoms with Gasteiger partial charge in [0.25, 0.3) is 0 Å². The van der Waals surface area contributed by atoms with Crippen molar-refractivity contribution in [2.45, 2.75) is 57.1 Å². The summed E-state index contributed by atoms with van der Waals surface area (Å²) in [5, 5.41) is 10.3. The summed E-state index contributed by atoms with van der Waals surface area (Å²) in [6.07, 6.45) is 9.52. The smallest absolute Gasteiger partial charge is 0.0941 e. The minimum atomic E-state index is 0.0376. The van der Waals surface area contributed by atoms with Crippen LogP contribution in [0, 0.1) is 11.8 Å². The summed E-state index contributed by atoms with van der Waals surface area (Å²) >= 11 is 0. The number of aliphatic hydroxyl groups is 1. The lowest BCUT2D eigenvalue weighted by Crippen LogP contribution is -2.60. The number of hydrogen-bond acceptors (Lipinski definition) is 1. The Morgan fingerprint density at radius 3 is 2.38 bits per heavy atom. The lowest BCUT2D eigenvalue weighted by atomic mass is 9.80. The Balaban J connectivity index is 1.78. The molecule has 2 heteroatoms. The zero-order valence-electron chi connectivity index (χ0n) is 10.6. The standard InChI is InChI=1S/C14H26NO/c1-15(9-3-2-4-10-15)13-8-6-11-5-7-12(13)14(11)16/h11-14,16H,2-10H2,1H3/q+1/t11-,12+,13+,14+/m0/s1. The molecule has 2 nitrogen and oxygen atoms in total. The van der Waals surface area contributed by atoms with Crippen molar-refractivity contribution in [1.82, 2.24) is 0 Å². The van der Waals surface area contributed by atoms with E-state index in [-0.39, 0.29) is 6.10 Å². The van der Waals surface area contributed by atoms with E-state index in [4.69, 9.17) is 0 Å². The summed E-state index contributed by atoms with van der Waals surface area (Å²) in [5.74, 6) is 1.28. The monoisotopic (exact) mass is 224 g/mol. The molecule has 0 aromatic heterocycles. The maximum absolute atomic E-state index is 10.3.